The number of aryl methyl sites for hydroxylation is 2. The predicted molar refractivity (Wildman–Crippen MR) is 76.5 cm³/mol. The van der Waals surface area contributed by atoms with Crippen LogP contribution in [0, 0.1) is 25.7 Å². The van der Waals surface area contributed by atoms with Gasteiger partial charge in [-0.1, -0.05) is 17.9 Å². The van der Waals surface area contributed by atoms with Crippen LogP contribution in [0.25, 0.3) is 0 Å². The highest BCUT2D eigenvalue weighted by Gasteiger charge is 2.11. The fraction of sp³-hybridized carbons (Fsp3) is 0.188. The smallest absolute Gasteiger partial charge is 0.259 e. The van der Waals surface area contributed by atoms with E-state index in [2.05, 4.69) is 17.2 Å². The summed E-state index contributed by atoms with van der Waals surface area (Å²) in [6, 6.07) is 7.10. The summed E-state index contributed by atoms with van der Waals surface area (Å²) >= 11 is 0. The molecule has 1 heterocycles. The van der Waals surface area contributed by atoms with Crippen LogP contribution in [0.15, 0.2) is 34.9 Å². The van der Waals surface area contributed by atoms with Crippen molar-refractivity contribution < 1.29 is 14.3 Å². The molecule has 1 aromatic heterocycles. The summed E-state index contributed by atoms with van der Waals surface area (Å²) in [5.41, 5.74) is 2.93. The number of furan rings is 1. The van der Waals surface area contributed by atoms with Crippen LogP contribution >= 0.6 is 0 Å². The minimum Gasteiger partial charge on any atom is -0.469 e. The zero-order valence-corrected chi connectivity index (χ0v) is 11.4. The maximum Gasteiger partial charge on any atom is 0.259 e. The Hall–Kier alpha value is -2.51. The maximum atomic E-state index is 12.1. The van der Waals surface area contributed by atoms with Crippen molar-refractivity contribution in [3.63, 3.8) is 0 Å². The number of hydrogen-bond acceptors (Lipinski definition) is 3. The van der Waals surface area contributed by atoms with E-state index >= 15 is 0 Å². The van der Waals surface area contributed by atoms with Crippen LogP contribution < -0.4 is 5.32 Å². The Balaban J connectivity index is 2.22. The third-order valence-corrected chi connectivity index (χ3v) is 2.90. The van der Waals surface area contributed by atoms with Crippen molar-refractivity contribution in [1.29, 1.82) is 0 Å². The lowest BCUT2D eigenvalue weighted by molar-refractivity contribution is 0.102. The summed E-state index contributed by atoms with van der Waals surface area (Å²) in [5.74, 6) is 5.81. The van der Waals surface area contributed by atoms with Gasteiger partial charge in [-0.2, -0.15) is 0 Å². The number of benzene rings is 1. The summed E-state index contributed by atoms with van der Waals surface area (Å²) < 4.78 is 5.11. The fourth-order valence-electron chi connectivity index (χ4n) is 1.79. The number of anilines is 1. The van der Waals surface area contributed by atoms with Crippen molar-refractivity contribution in [2.75, 3.05) is 11.9 Å². The topological polar surface area (TPSA) is 62.5 Å². The summed E-state index contributed by atoms with van der Waals surface area (Å²) in [7, 11) is 0. The van der Waals surface area contributed by atoms with E-state index in [1.165, 1.54) is 6.26 Å². The van der Waals surface area contributed by atoms with Gasteiger partial charge >= 0.3 is 0 Å². The highest BCUT2D eigenvalue weighted by molar-refractivity contribution is 6.05. The van der Waals surface area contributed by atoms with Gasteiger partial charge in [0.05, 0.1) is 11.8 Å². The lowest BCUT2D eigenvalue weighted by Gasteiger charge is -2.06. The molecular weight excluding hydrogens is 254 g/mol. The van der Waals surface area contributed by atoms with Gasteiger partial charge in [-0.3, -0.25) is 4.79 Å². The van der Waals surface area contributed by atoms with Gasteiger partial charge in [0.2, 0.25) is 0 Å². The minimum atomic E-state index is -0.221. The van der Waals surface area contributed by atoms with E-state index in [0.717, 1.165) is 11.1 Å². The molecule has 0 saturated heterocycles. The van der Waals surface area contributed by atoms with E-state index in [0.29, 0.717) is 17.0 Å². The Kier molecular flexibility index (Phi) is 4.24. The third kappa shape index (κ3) is 3.08. The SMILES string of the molecule is Cc1ccc(NC(=O)c2ccoc2C)cc1C#CCO. The van der Waals surface area contributed by atoms with Crippen LogP contribution in [-0.2, 0) is 0 Å². The van der Waals surface area contributed by atoms with Gasteiger partial charge in [0.15, 0.2) is 0 Å². The molecule has 0 spiro atoms. The summed E-state index contributed by atoms with van der Waals surface area (Å²) in [6.45, 7) is 3.47. The fourth-order valence-corrected chi connectivity index (χ4v) is 1.79. The molecule has 0 fully saturated rings. The molecule has 0 aliphatic carbocycles. The predicted octanol–water partition coefficient (Wildman–Crippen LogP) is 2.49. The largest absolute Gasteiger partial charge is 0.469 e. The zero-order valence-electron chi connectivity index (χ0n) is 11.4. The second-order valence-corrected chi connectivity index (χ2v) is 4.33. The molecule has 0 unspecified atom stereocenters. The normalized spacial score (nSPS) is 9.75. The Labute approximate surface area is 117 Å². The molecule has 2 aromatic rings. The van der Waals surface area contributed by atoms with Crippen molar-refractivity contribution in [2.24, 2.45) is 0 Å². The molecule has 2 N–H and O–H groups in total. The maximum absolute atomic E-state index is 12.1. The Bertz CT molecular complexity index is 689. The first kappa shape index (κ1) is 13.9. The molecule has 20 heavy (non-hydrogen) atoms. The molecule has 0 bridgehead atoms. The molecule has 2 rings (SSSR count). The van der Waals surface area contributed by atoms with Crippen molar-refractivity contribution in [2.45, 2.75) is 13.8 Å². The van der Waals surface area contributed by atoms with Gasteiger partial charge in [0.1, 0.15) is 12.4 Å². The van der Waals surface area contributed by atoms with Crippen molar-refractivity contribution >= 4 is 11.6 Å². The molecule has 102 valence electrons. The lowest BCUT2D eigenvalue weighted by Crippen LogP contribution is -2.12. The molecular formula is C16H15NO3. The first-order valence-electron chi connectivity index (χ1n) is 6.17. The summed E-state index contributed by atoms with van der Waals surface area (Å²) in [5, 5.41) is 11.5. The number of aliphatic hydroxyl groups is 1. The van der Waals surface area contributed by atoms with E-state index in [4.69, 9.17) is 9.52 Å². The highest BCUT2D eigenvalue weighted by atomic mass is 16.3. The zero-order chi connectivity index (χ0) is 14.5. The van der Waals surface area contributed by atoms with E-state index in [1.807, 2.05) is 19.1 Å². The summed E-state index contributed by atoms with van der Waals surface area (Å²) in [4.78, 5) is 12.1. The Morgan fingerprint density at radius 2 is 2.15 bits per heavy atom. The number of carbonyl (C=O) groups is 1. The quantitative estimate of drug-likeness (QED) is 0.823. The van der Waals surface area contributed by atoms with Gasteiger partial charge in [0.25, 0.3) is 5.91 Å². The number of aliphatic hydroxyl groups excluding tert-OH is 1. The van der Waals surface area contributed by atoms with Crippen LogP contribution in [-0.4, -0.2) is 17.6 Å². The van der Waals surface area contributed by atoms with E-state index < -0.39 is 0 Å². The van der Waals surface area contributed by atoms with Gasteiger partial charge in [-0.05, 0) is 37.6 Å². The van der Waals surface area contributed by atoms with Crippen LogP contribution in [0.3, 0.4) is 0 Å². The first-order valence-corrected chi connectivity index (χ1v) is 6.17. The third-order valence-electron chi connectivity index (χ3n) is 2.90. The average molecular weight is 269 g/mol. The molecule has 0 saturated carbocycles. The average Bonchev–Trinajstić information content (AvgIpc) is 2.85. The lowest BCUT2D eigenvalue weighted by atomic mass is 10.1. The first-order chi connectivity index (χ1) is 9.61. The molecule has 0 aliphatic heterocycles. The van der Waals surface area contributed by atoms with Gasteiger partial charge in [0, 0.05) is 11.3 Å². The Morgan fingerprint density at radius 1 is 1.35 bits per heavy atom. The molecule has 1 amide bonds. The van der Waals surface area contributed by atoms with Crippen molar-refractivity contribution in [3.8, 4) is 11.8 Å². The number of hydrogen-bond donors (Lipinski definition) is 2. The van der Waals surface area contributed by atoms with Crippen LogP contribution in [0.5, 0.6) is 0 Å². The number of amides is 1. The van der Waals surface area contributed by atoms with Crippen LogP contribution in [0.4, 0.5) is 5.69 Å². The minimum absolute atomic E-state index is 0.190. The van der Waals surface area contributed by atoms with Gasteiger partial charge in [-0.15, -0.1) is 0 Å². The number of nitrogens with one attached hydrogen (secondary N) is 1. The van der Waals surface area contributed by atoms with Crippen molar-refractivity contribution in [1.82, 2.24) is 0 Å². The highest BCUT2D eigenvalue weighted by Crippen LogP contribution is 2.17. The monoisotopic (exact) mass is 269 g/mol. The molecule has 1 aromatic carbocycles. The number of rotatable bonds is 2. The molecule has 0 radical (unpaired) electrons. The molecule has 0 atom stereocenters. The van der Waals surface area contributed by atoms with Crippen molar-refractivity contribution in [3.05, 3.63) is 53.0 Å². The second kappa shape index (κ2) is 6.09. The van der Waals surface area contributed by atoms with Crippen LogP contribution in [0.2, 0.25) is 0 Å². The molecule has 4 nitrogen and oxygen atoms in total. The number of carbonyl (C=O) groups excluding carboxylic acids is 1. The van der Waals surface area contributed by atoms with Crippen LogP contribution in [0.1, 0.15) is 27.2 Å². The van der Waals surface area contributed by atoms with Gasteiger partial charge in [-0.25, -0.2) is 0 Å². The van der Waals surface area contributed by atoms with E-state index in [1.54, 1.807) is 19.1 Å². The molecule has 0 aliphatic rings. The Morgan fingerprint density at radius 3 is 2.80 bits per heavy atom. The van der Waals surface area contributed by atoms with E-state index in [-0.39, 0.29) is 12.5 Å². The second-order valence-electron chi connectivity index (χ2n) is 4.33. The van der Waals surface area contributed by atoms with Gasteiger partial charge < -0.3 is 14.8 Å². The summed E-state index contributed by atoms with van der Waals surface area (Å²) in [6.07, 6.45) is 1.48. The standard InChI is InChI=1S/C16H15NO3/c1-11-5-6-14(10-13(11)4-3-8-18)17-16(19)15-7-9-20-12(15)2/h5-7,9-10,18H,8H2,1-2H3,(H,17,19). The molecule has 4 heteroatoms. The van der Waals surface area contributed by atoms with E-state index in [9.17, 15) is 4.79 Å².